The number of benzene rings is 2. The van der Waals surface area contributed by atoms with Gasteiger partial charge in [0.15, 0.2) is 0 Å². The summed E-state index contributed by atoms with van der Waals surface area (Å²) in [6, 6.07) is 15.1. The molecule has 18 heavy (non-hydrogen) atoms. The lowest BCUT2D eigenvalue weighted by Gasteiger charge is -2.08. The fraction of sp³-hybridized carbons (Fsp3) is 0.133. The van der Waals surface area contributed by atoms with Gasteiger partial charge >= 0.3 is 5.97 Å². The van der Waals surface area contributed by atoms with Crippen LogP contribution in [0.15, 0.2) is 48.5 Å². The topological polar surface area (TPSA) is 46.5 Å². The first-order valence-corrected chi connectivity index (χ1v) is 5.63. The Kier molecular flexibility index (Phi) is 3.75. The van der Waals surface area contributed by atoms with E-state index in [4.69, 9.17) is 0 Å². The van der Waals surface area contributed by atoms with Crippen LogP contribution in [0.25, 0.3) is 11.1 Å². The summed E-state index contributed by atoms with van der Waals surface area (Å²) in [5.41, 5.74) is 2.99. The summed E-state index contributed by atoms with van der Waals surface area (Å²) < 4.78 is 4.67. The number of aliphatic hydroxyl groups is 1. The van der Waals surface area contributed by atoms with E-state index in [0.29, 0.717) is 11.1 Å². The lowest BCUT2D eigenvalue weighted by molar-refractivity contribution is 0.0597. The molecule has 0 radical (unpaired) electrons. The minimum atomic E-state index is -0.432. The Bertz CT molecular complexity index is 547. The number of aliphatic hydroxyl groups excluding tert-OH is 1. The monoisotopic (exact) mass is 242 g/mol. The second kappa shape index (κ2) is 5.47. The SMILES string of the molecule is COC(=O)c1ccc(-c2ccccc2)cc1CO. The molecule has 3 heteroatoms. The largest absolute Gasteiger partial charge is 0.465 e. The third-order valence-electron chi connectivity index (χ3n) is 2.79. The summed E-state index contributed by atoms with van der Waals surface area (Å²) in [6.45, 7) is -0.189. The molecule has 0 aliphatic carbocycles. The van der Waals surface area contributed by atoms with Crippen molar-refractivity contribution in [2.45, 2.75) is 6.61 Å². The molecule has 92 valence electrons. The van der Waals surface area contributed by atoms with Gasteiger partial charge in [-0.25, -0.2) is 4.79 Å². The van der Waals surface area contributed by atoms with Crippen LogP contribution >= 0.6 is 0 Å². The van der Waals surface area contributed by atoms with Crippen molar-refractivity contribution in [2.24, 2.45) is 0 Å². The Hall–Kier alpha value is -2.13. The first kappa shape index (κ1) is 12.3. The molecule has 1 N–H and O–H groups in total. The smallest absolute Gasteiger partial charge is 0.338 e. The lowest BCUT2D eigenvalue weighted by atomic mass is 9.99. The fourth-order valence-electron chi connectivity index (χ4n) is 1.84. The molecule has 0 aliphatic rings. The van der Waals surface area contributed by atoms with E-state index in [0.717, 1.165) is 11.1 Å². The summed E-state index contributed by atoms with van der Waals surface area (Å²) in [7, 11) is 1.33. The zero-order valence-electron chi connectivity index (χ0n) is 10.1. The summed E-state index contributed by atoms with van der Waals surface area (Å²) >= 11 is 0. The number of ether oxygens (including phenoxy) is 1. The van der Waals surface area contributed by atoms with Crippen molar-refractivity contribution in [3.8, 4) is 11.1 Å². The number of carbonyl (C=O) groups excluding carboxylic acids is 1. The second-order valence-corrected chi connectivity index (χ2v) is 3.89. The van der Waals surface area contributed by atoms with Crippen molar-refractivity contribution in [3.63, 3.8) is 0 Å². The molecule has 0 saturated carbocycles. The van der Waals surface area contributed by atoms with E-state index in [1.807, 2.05) is 42.5 Å². The predicted molar refractivity (Wildman–Crippen MR) is 69.1 cm³/mol. The molecule has 3 nitrogen and oxygen atoms in total. The standard InChI is InChI=1S/C15H14O3/c1-18-15(17)14-8-7-12(9-13(14)10-16)11-5-3-2-4-6-11/h2-9,16H,10H2,1H3. The van der Waals surface area contributed by atoms with Gasteiger partial charge in [-0.15, -0.1) is 0 Å². The maximum absolute atomic E-state index is 11.5. The van der Waals surface area contributed by atoms with Crippen molar-refractivity contribution in [2.75, 3.05) is 7.11 Å². The van der Waals surface area contributed by atoms with Crippen LogP contribution in [0.1, 0.15) is 15.9 Å². The van der Waals surface area contributed by atoms with Crippen LogP contribution in [0.2, 0.25) is 0 Å². The highest BCUT2D eigenvalue weighted by Gasteiger charge is 2.12. The van der Waals surface area contributed by atoms with Gasteiger partial charge < -0.3 is 9.84 Å². The van der Waals surface area contributed by atoms with E-state index >= 15 is 0 Å². The van der Waals surface area contributed by atoms with Gasteiger partial charge in [0.2, 0.25) is 0 Å². The maximum Gasteiger partial charge on any atom is 0.338 e. The Morgan fingerprint density at radius 2 is 1.83 bits per heavy atom. The average Bonchev–Trinajstić information content (AvgIpc) is 2.46. The van der Waals surface area contributed by atoms with Crippen LogP contribution in [0.3, 0.4) is 0 Å². The number of hydrogen-bond acceptors (Lipinski definition) is 3. The first-order chi connectivity index (χ1) is 8.76. The molecule has 0 spiro atoms. The van der Waals surface area contributed by atoms with Crippen LogP contribution < -0.4 is 0 Å². The predicted octanol–water partition coefficient (Wildman–Crippen LogP) is 2.63. The lowest BCUT2D eigenvalue weighted by Crippen LogP contribution is -2.05. The van der Waals surface area contributed by atoms with E-state index in [1.165, 1.54) is 7.11 Å². The van der Waals surface area contributed by atoms with E-state index in [2.05, 4.69) is 4.74 Å². The zero-order chi connectivity index (χ0) is 13.0. The highest BCUT2D eigenvalue weighted by Crippen LogP contribution is 2.23. The molecule has 2 aromatic rings. The third kappa shape index (κ3) is 2.41. The second-order valence-electron chi connectivity index (χ2n) is 3.89. The Labute approximate surface area is 106 Å². The van der Waals surface area contributed by atoms with E-state index in [1.54, 1.807) is 6.07 Å². The summed E-state index contributed by atoms with van der Waals surface area (Å²) in [6.07, 6.45) is 0. The maximum atomic E-state index is 11.5. The molecule has 0 amide bonds. The van der Waals surface area contributed by atoms with Gasteiger partial charge in [-0.2, -0.15) is 0 Å². The summed E-state index contributed by atoms with van der Waals surface area (Å²) in [5, 5.41) is 9.33. The van der Waals surface area contributed by atoms with E-state index in [-0.39, 0.29) is 6.61 Å². The number of methoxy groups -OCH3 is 1. The molecular weight excluding hydrogens is 228 g/mol. The number of carbonyl (C=O) groups is 1. The molecule has 2 rings (SSSR count). The highest BCUT2D eigenvalue weighted by atomic mass is 16.5. The number of hydrogen-bond donors (Lipinski definition) is 1. The zero-order valence-corrected chi connectivity index (χ0v) is 10.1. The first-order valence-electron chi connectivity index (χ1n) is 5.63. The van der Waals surface area contributed by atoms with Crippen LogP contribution in [-0.2, 0) is 11.3 Å². The number of esters is 1. The van der Waals surface area contributed by atoms with Crippen molar-refractivity contribution in [1.29, 1.82) is 0 Å². The molecule has 0 atom stereocenters. The van der Waals surface area contributed by atoms with Gasteiger partial charge in [0, 0.05) is 0 Å². The minimum absolute atomic E-state index is 0.189. The molecular formula is C15H14O3. The Morgan fingerprint density at radius 1 is 1.11 bits per heavy atom. The fourth-order valence-corrected chi connectivity index (χ4v) is 1.84. The van der Waals surface area contributed by atoms with Crippen LogP contribution in [0.5, 0.6) is 0 Å². The van der Waals surface area contributed by atoms with Crippen LogP contribution in [0.4, 0.5) is 0 Å². The highest BCUT2D eigenvalue weighted by molar-refractivity contribution is 5.91. The van der Waals surface area contributed by atoms with Crippen molar-refractivity contribution >= 4 is 5.97 Å². The van der Waals surface area contributed by atoms with Crippen molar-refractivity contribution < 1.29 is 14.6 Å². The molecule has 0 heterocycles. The molecule has 0 aromatic heterocycles. The quantitative estimate of drug-likeness (QED) is 0.841. The Balaban J connectivity index is 2.45. The van der Waals surface area contributed by atoms with Gasteiger partial charge in [0.05, 0.1) is 19.3 Å². The van der Waals surface area contributed by atoms with Gasteiger partial charge in [-0.05, 0) is 28.8 Å². The molecule has 0 bridgehead atoms. The average molecular weight is 242 g/mol. The van der Waals surface area contributed by atoms with Gasteiger partial charge in [0.25, 0.3) is 0 Å². The van der Waals surface area contributed by atoms with E-state index in [9.17, 15) is 9.90 Å². The van der Waals surface area contributed by atoms with Gasteiger partial charge in [-0.3, -0.25) is 0 Å². The van der Waals surface area contributed by atoms with Crippen molar-refractivity contribution in [3.05, 3.63) is 59.7 Å². The summed E-state index contributed by atoms with van der Waals surface area (Å²) in [4.78, 5) is 11.5. The third-order valence-corrected chi connectivity index (χ3v) is 2.79. The minimum Gasteiger partial charge on any atom is -0.465 e. The molecule has 0 aliphatic heterocycles. The van der Waals surface area contributed by atoms with Crippen LogP contribution in [-0.4, -0.2) is 18.2 Å². The van der Waals surface area contributed by atoms with Gasteiger partial charge in [0.1, 0.15) is 0 Å². The van der Waals surface area contributed by atoms with E-state index < -0.39 is 5.97 Å². The van der Waals surface area contributed by atoms with Crippen LogP contribution in [0, 0.1) is 0 Å². The van der Waals surface area contributed by atoms with Crippen molar-refractivity contribution in [1.82, 2.24) is 0 Å². The molecule has 0 fully saturated rings. The molecule has 0 unspecified atom stereocenters. The number of rotatable bonds is 3. The Morgan fingerprint density at radius 3 is 2.44 bits per heavy atom. The normalized spacial score (nSPS) is 10.1. The van der Waals surface area contributed by atoms with Gasteiger partial charge in [-0.1, -0.05) is 36.4 Å². The molecule has 2 aromatic carbocycles. The summed E-state index contributed by atoms with van der Waals surface area (Å²) in [5.74, 6) is -0.432. The molecule has 0 saturated heterocycles.